The second kappa shape index (κ2) is 7.52. The molecule has 1 aromatic rings. The summed E-state index contributed by atoms with van der Waals surface area (Å²) >= 11 is 6.10. The van der Waals surface area contributed by atoms with Crippen LogP contribution in [0, 0.1) is 5.92 Å². The molecule has 1 aliphatic rings. The molecule has 0 saturated carbocycles. The second-order valence-electron chi connectivity index (χ2n) is 5.51. The van der Waals surface area contributed by atoms with Gasteiger partial charge in [-0.05, 0) is 5.92 Å². The van der Waals surface area contributed by atoms with E-state index in [1.54, 1.807) is 12.1 Å². The van der Waals surface area contributed by atoms with Crippen molar-refractivity contribution in [2.45, 2.75) is 19.9 Å². The highest BCUT2D eigenvalue weighted by molar-refractivity contribution is 6.34. The van der Waals surface area contributed by atoms with Crippen LogP contribution in [-0.4, -0.2) is 37.6 Å². The van der Waals surface area contributed by atoms with E-state index in [9.17, 15) is 9.59 Å². The SMILES string of the molecule is CC(C)[C@H](N)C(=O)NCC(=O)Nc1cc2c(cc1Cl)OCCO2. The quantitative estimate of drug-likeness (QED) is 0.745. The van der Waals surface area contributed by atoms with Gasteiger partial charge in [-0.15, -0.1) is 0 Å². The van der Waals surface area contributed by atoms with Gasteiger partial charge in [-0.2, -0.15) is 0 Å². The Bertz CT molecular complexity index is 607. The molecule has 0 saturated heterocycles. The second-order valence-corrected chi connectivity index (χ2v) is 5.92. The van der Waals surface area contributed by atoms with Crippen LogP contribution in [-0.2, 0) is 9.59 Å². The van der Waals surface area contributed by atoms with Gasteiger partial charge in [-0.25, -0.2) is 0 Å². The summed E-state index contributed by atoms with van der Waals surface area (Å²) in [5, 5.41) is 5.44. The average molecular weight is 342 g/mol. The molecule has 0 aromatic heterocycles. The number of nitrogens with one attached hydrogen (secondary N) is 2. The minimum Gasteiger partial charge on any atom is -0.486 e. The molecule has 8 heteroatoms. The van der Waals surface area contributed by atoms with Gasteiger partial charge in [0.05, 0.1) is 23.3 Å². The predicted molar refractivity (Wildman–Crippen MR) is 86.9 cm³/mol. The number of halogens is 1. The fraction of sp³-hybridized carbons (Fsp3) is 0.467. The van der Waals surface area contributed by atoms with Crippen LogP contribution >= 0.6 is 11.6 Å². The van der Waals surface area contributed by atoms with Gasteiger partial charge in [0.2, 0.25) is 11.8 Å². The molecule has 0 radical (unpaired) electrons. The summed E-state index contributed by atoms with van der Waals surface area (Å²) in [5.74, 6) is 0.263. The molecular formula is C15H20ClN3O4. The average Bonchev–Trinajstić information content (AvgIpc) is 2.52. The van der Waals surface area contributed by atoms with Gasteiger partial charge in [-0.3, -0.25) is 9.59 Å². The lowest BCUT2D eigenvalue weighted by molar-refractivity contribution is -0.125. The highest BCUT2D eigenvalue weighted by Gasteiger charge is 2.19. The third-order valence-corrected chi connectivity index (χ3v) is 3.66. The number of hydrogen-bond acceptors (Lipinski definition) is 5. The van der Waals surface area contributed by atoms with E-state index in [0.29, 0.717) is 35.4 Å². The first-order valence-corrected chi connectivity index (χ1v) is 7.68. The van der Waals surface area contributed by atoms with Crippen molar-refractivity contribution >= 4 is 29.1 Å². The van der Waals surface area contributed by atoms with Crippen molar-refractivity contribution in [2.75, 3.05) is 25.1 Å². The number of anilines is 1. The molecule has 2 rings (SSSR count). The van der Waals surface area contributed by atoms with Gasteiger partial charge >= 0.3 is 0 Å². The van der Waals surface area contributed by atoms with Crippen LogP contribution in [0.4, 0.5) is 5.69 Å². The van der Waals surface area contributed by atoms with E-state index in [1.807, 2.05) is 13.8 Å². The molecule has 0 spiro atoms. The molecule has 23 heavy (non-hydrogen) atoms. The Morgan fingerprint density at radius 2 is 1.87 bits per heavy atom. The summed E-state index contributed by atoms with van der Waals surface area (Å²) in [6, 6.07) is 2.52. The number of benzene rings is 1. The van der Waals surface area contributed by atoms with Crippen molar-refractivity contribution < 1.29 is 19.1 Å². The Morgan fingerprint density at radius 1 is 1.26 bits per heavy atom. The van der Waals surface area contributed by atoms with Crippen LogP contribution in [0.3, 0.4) is 0 Å². The summed E-state index contributed by atoms with van der Waals surface area (Å²) in [7, 11) is 0. The molecular weight excluding hydrogens is 322 g/mol. The van der Waals surface area contributed by atoms with E-state index in [-0.39, 0.29) is 18.4 Å². The van der Waals surface area contributed by atoms with E-state index in [4.69, 9.17) is 26.8 Å². The van der Waals surface area contributed by atoms with Crippen LogP contribution in [0.5, 0.6) is 11.5 Å². The lowest BCUT2D eigenvalue weighted by atomic mass is 10.1. The van der Waals surface area contributed by atoms with Crippen molar-refractivity contribution in [3.8, 4) is 11.5 Å². The summed E-state index contributed by atoms with van der Waals surface area (Å²) in [4.78, 5) is 23.7. The van der Waals surface area contributed by atoms with Crippen molar-refractivity contribution in [2.24, 2.45) is 11.7 Å². The first-order chi connectivity index (χ1) is 10.9. The Labute approximate surface area is 139 Å². The fourth-order valence-corrected chi connectivity index (χ4v) is 2.14. The number of rotatable bonds is 5. The van der Waals surface area contributed by atoms with E-state index in [1.165, 1.54) is 0 Å². The molecule has 1 aliphatic heterocycles. The zero-order valence-corrected chi connectivity index (χ0v) is 13.8. The van der Waals surface area contributed by atoms with Crippen LogP contribution in [0.1, 0.15) is 13.8 Å². The number of fused-ring (bicyclic) bond motifs is 1. The maximum Gasteiger partial charge on any atom is 0.243 e. The maximum atomic E-state index is 11.9. The number of carbonyl (C=O) groups is 2. The number of amides is 2. The molecule has 4 N–H and O–H groups in total. The highest BCUT2D eigenvalue weighted by Crippen LogP contribution is 2.37. The van der Waals surface area contributed by atoms with Gasteiger partial charge in [0.1, 0.15) is 13.2 Å². The Hall–Kier alpha value is -1.99. The molecule has 1 aromatic carbocycles. The van der Waals surface area contributed by atoms with Crippen molar-refractivity contribution in [1.82, 2.24) is 5.32 Å². The molecule has 126 valence electrons. The predicted octanol–water partition coefficient (Wildman–Crippen LogP) is 1.15. The largest absolute Gasteiger partial charge is 0.486 e. The fourth-order valence-electron chi connectivity index (χ4n) is 1.94. The molecule has 7 nitrogen and oxygen atoms in total. The summed E-state index contributed by atoms with van der Waals surface area (Å²) in [6.07, 6.45) is 0. The normalized spacial score (nSPS) is 14.3. The maximum absolute atomic E-state index is 11.9. The lowest BCUT2D eigenvalue weighted by Crippen LogP contribution is -2.46. The van der Waals surface area contributed by atoms with Gasteiger partial charge < -0.3 is 25.8 Å². The molecule has 1 heterocycles. The first kappa shape index (κ1) is 17.4. The van der Waals surface area contributed by atoms with Crippen LogP contribution in [0.2, 0.25) is 5.02 Å². The number of nitrogens with two attached hydrogens (primary N) is 1. The topological polar surface area (TPSA) is 103 Å². The smallest absolute Gasteiger partial charge is 0.243 e. The van der Waals surface area contributed by atoms with Gasteiger partial charge in [0.25, 0.3) is 0 Å². The van der Waals surface area contributed by atoms with E-state index < -0.39 is 11.9 Å². The van der Waals surface area contributed by atoms with E-state index in [0.717, 1.165) is 0 Å². The van der Waals surface area contributed by atoms with Gasteiger partial charge in [0.15, 0.2) is 11.5 Å². The summed E-state index contributed by atoms with van der Waals surface area (Å²) in [6.45, 7) is 4.37. The monoisotopic (exact) mass is 341 g/mol. The van der Waals surface area contributed by atoms with Gasteiger partial charge in [-0.1, -0.05) is 25.4 Å². The summed E-state index contributed by atoms with van der Waals surface area (Å²) < 4.78 is 10.8. The van der Waals surface area contributed by atoms with Crippen LogP contribution in [0.25, 0.3) is 0 Å². The zero-order valence-electron chi connectivity index (χ0n) is 13.0. The standard InChI is InChI=1S/C15H20ClN3O4/c1-8(2)14(17)15(21)18-7-13(20)19-10-6-12-11(5-9(10)16)22-3-4-23-12/h5-6,8,14H,3-4,7,17H2,1-2H3,(H,18,21)(H,19,20)/t14-/m0/s1. The molecule has 0 bridgehead atoms. The third-order valence-electron chi connectivity index (χ3n) is 3.35. The lowest BCUT2D eigenvalue weighted by Gasteiger charge is -2.20. The highest BCUT2D eigenvalue weighted by atomic mass is 35.5. The van der Waals surface area contributed by atoms with Crippen LogP contribution in [0.15, 0.2) is 12.1 Å². The van der Waals surface area contributed by atoms with Crippen molar-refractivity contribution in [3.63, 3.8) is 0 Å². The van der Waals surface area contributed by atoms with Crippen LogP contribution < -0.4 is 25.8 Å². The molecule has 0 fully saturated rings. The zero-order chi connectivity index (χ0) is 17.0. The van der Waals surface area contributed by atoms with Crippen molar-refractivity contribution in [1.29, 1.82) is 0 Å². The minimum absolute atomic E-state index is 0.00898. The number of carbonyl (C=O) groups excluding carboxylic acids is 2. The molecule has 0 unspecified atom stereocenters. The van der Waals surface area contributed by atoms with Crippen molar-refractivity contribution in [3.05, 3.63) is 17.2 Å². The van der Waals surface area contributed by atoms with E-state index >= 15 is 0 Å². The number of ether oxygens (including phenoxy) is 2. The Morgan fingerprint density at radius 3 is 2.48 bits per heavy atom. The summed E-state index contributed by atoms with van der Waals surface area (Å²) in [5.41, 5.74) is 6.10. The molecule has 2 amide bonds. The minimum atomic E-state index is -0.652. The third kappa shape index (κ3) is 4.49. The molecule has 0 aliphatic carbocycles. The number of hydrogen-bond donors (Lipinski definition) is 3. The van der Waals surface area contributed by atoms with Gasteiger partial charge in [0, 0.05) is 12.1 Å². The Kier molecular flexibility index (Phi) is 5.68. The molecule has 1 atom stereocenters. The van der Waals surface area contributed by atoms with E-state index in [2.05, 4.69) is 10.6 Å². The Balaban J connectivity index is 1.94. The first-order valence-electron chi connectivity index (χ1n) is 7.30.